The van der Waals surface area contributed by atoms with Crippen molar-refractivity contribution >= 4 is 5.91 Å². The summed E-state index contributed by atoms with van der Waals surface area (Å²) in [5, 5.41) is 9.02. The molecule has 0 spiro atoms. The summed E-state index contributed by atoms with van der Waals surface area (Å²) in [6.45, 7) is 6.38. The fourth-order valence-electron chi connectivity index (χ4n) is 3.33. The smallest absolute Gasteiger partial charge is 0.220 e. The molecule has 1 aliphatic heterocycles. The van der Waals surface area contributed by atoms with Crippen LogP contribution in [0, 0.1) is 18.3 Å². The first-order valence-corrected chi connectivity index (χ1v) is 8.45. The predicted octanol–water partition coefficient (Wildman–Crippen LogP) is 2.48. The van der Waals surface area contributed by atoms with Gasteiger partial charge >= 0.3 is 0 Å². The third kappa shape index (κ3) is 4.25. The van der Waals surface area contributed by atoms with E-state index in [9.17, 15) is 4.79 Å². The fraction of sp³-hybridized carbons (Fsp3) is 0.421. The highest BCUT2D eigenvalue weighted by Crippen LogP contribution is 2.20. The number of hydrogen-bond acceptors (Lipinski definition) is 5. The number of likely N-dealkylation sites (tertiary alicyclic amines) is 1. The number of aromatic nitrogens is 1. The lowest BCUT2D eigenvalue weighted by molar-refractivity contribution is -0.132. The van der Waals surface area contributed by atoms with Crippen molar-refractivity contribution in [3.8, 4) is 6.07 Å². The first-order chi connectivity index (χ1) is 12.0. The highest BCUT2D eigenvalue weighted by molar-refractivity contribution is 5.73. The predicted molar refractivity (Wildman–Crippen MR) is 92.3 cm³/mol. The number of amides is 1. The van der Waals surface area contributed by atoms with Gasteiger partial charge in [0.25, 0.3) is 0 Å². The average Bonchev–Trinajstić information content (AvgIpc) is 3.21. The average molecular weight is 338 g/mol. The largest absolute Gasteiger partial charge is 0.444 e. The molecule has 1 unspecified atom stereocenters. The highest BCUT2D eigenvalue weighted by atomic mass is 16.4. The van der Waals surface area contributed by atoms with Crippen LogP contribution in [0.2, 0.25) is 0 Å². The zero-order chi connectivity index (χ0) is 17.8. The third-order valence-electron chi connectivity index (χ3n) is 4.53. The summed E-state index contributed by atoms with van der Waals surface area (Å²) < 4.78 is 5.52. The molecule has 1 aliphatic rings. The van der Waals surface area contributed by atoms with E-state index in [1.54, 1.807) is 13.1 Å². The molecule has 1 aromatic carbocycles. The molecule has 1 fully saturated rings. The van der Waals surface area contributed by atoms with Crippen molar-refractivity contribution in [2.24, 2.45) is 0 Å². The van der Waals surface area contributed by atoms with Gasteiger partial charge in [-0.1, -0.05) is 12.1 Å². The number of carbonyl (C=O) groups is 1. The van der Waals surface area contributed by atoms with E-state index in [2.05, 4.69) is 16.0 Å². The van der Waals surface area contributed by atoms with Crippen LogP contribution >= 0.6 is 0 Å². The van der Waals surface area contributed by atoms with E-state index >= 15 is 0 Å². The molecule has 1 aromatic heterocycles. The van der Waals surface area contributed by atoms with E-state index in [0.717, 1.165) is 37.4 Å². The summed E-state index contributed by atoms with van der Waals surface area (Å²) in [6.07, 6.45) is 2.61. The standard InChI is InChI=1S/C19H22N4O2/c1-14-10-21-19(25-14)13-23(15(2)24)18-6-7-22(12-18)11-17-5-3-4-16(8-17)9-20/h3-5,8,10,18H,6-7,11-13H2,1-2H3. The molecule has 1 amide bonds. The Hall–Kier alpha value is -2.65. The van der Waals surface area contributed by atoms with Gasteiger partial charge in [0.15, 0.2) is 0 Å². The molecule has 0 bridgehead atoms. The van der Waals surface area contributed by atoms with Crippen molar-refractivity contribution in [2.75, 3.05) is 13.1 Å². The van der Waals surface area contributed by atoms with Gasteiger partial charge in [0, 0.05) is 32.6 Å². The Morgan fingerprint density at radius 2 is 2.36 bits per heavy atom. The molecular formula is C19H22N4O2. The molecule has 0 saturated carbocycles. The zero-order valence-electron chi connectivity index (χ0n) is 14.6. The summed E-state index contributed by atoms with van der Waals surface area (Å²) in [6, 6.07) is 10.0. The molecule has 0 N–H and O–H groups in total. The molecule has 130 valence electrons. The normalized spacial score (nSPS) is 17.4. The summed E-state index contributed by atoms with van der Waals surface area (Å²) in [5.74, 6) is 1.37. The molecule has 0 radical (unpaired) electrons. The lowest BCUT2D eigenvalue weighted by atomic mass is 10.1. The maximum absolute atomic E-state index is 12.1. The van der Waals surface area contributed by atoms with E-state index < -0.39 is 0 Å². The number of nitrogens with zero attached hydrogens (tertiary/aromatic N) is 4. The molecule has 2 heterocycles. The third-order valence-corrected chi connectivity index (χ3v) is 4.53. The van der Waals surface area contributed by atoms with E-state index in [1.807, 2.05) is 36.1 Å². The van der Waals surface area contributed by atoms with Gasteiger partial charge in [-0.15, -0.1) is 0 Å². The van der Waals surface area contributed by atoms with Crippen LogP contribution < -0.4 is 0 Å². The molecule has 3 rings (SSSR count). The molecule has 6 nitrogen and oxygen atoms in total. The van der Waals surface area contributed by atoms with Crippen LogP contribution in [0.4, 0.5) is 0 Å². The second-order valence-electron chi connectivity index (χ2n) is 6.50. The van der Waals surface area contributed by atoms with Crippen molar-refractivity contribution in [3.63, 3.8) is 0 Å². The van der Waals surface area contributed by atoms with Gasteiger partial charge in [0.05, 0.1) is 24.4 Å². The maximum atomic E-state index is 12.1. The first-order valence-electron chi connectivity index (χ1n) is 8.45. The molecule has 0 aliphatic carbocycles. The number of carbonyl (C=O) groups excluding carboxylic acids is 1. The first kappa shape index (κ1) is 17.2. The lowest BCUT2D eigenvalue weighted by Crippen LogP contribution is -2.40. The number of benzene rings is 1. The van der Waals surface area contributed by atoms with Gasteiger partial charge in [-0.05, 0) is 31.0 Å². The Morgan fingerprint density at radius 1 is 1.52 bits per heavy atom. The van der Waals surface area contributed by atoms with Crippen molar-refractivity contribution in [3.05, 3.63) is 53.2 Å². The molecule has 2 aromatic rings. The van der Waals surface area contributed by atoms with E-state index in [-0.39, 0.29) is 11.9 Å². The maximum Gasteiger partial charge on any atom is 0.220 e. The van der Waals surface area contributed by atoms with Gasteiger partial charge in [-0.3, -0.25) is 9.69 Å². The fourth-order valence-corrected chi connectivity index (χ4v) is 3.33. The summed E-state index contributed by atoms with van der Waals surface area (Å²) in [5.41, 5.74) is 1.80. The highest BCUT2D eigenvalue weighted by Gasteiger charge is 2.30. The van der Waals surface area contributed by atoms with E-state index in [1.165, 1.54) is 0 Å². The minimum absolute atomic E-state index is 0.0363. The topological polar surface area (TPSA) is 73.4 Å². The summed E-state index contributed by atoms with van der Waals surface area (Å²) >= 11 is 0. The van der Waals surface area contributed by atoms with Crippen molar-refractivity contribution in [1.29, 1.82) is 5.26 Å². The Kier molecular flexibility index (Phi) is 5.15. The van der Waals surface area contributed by atoms with Crippen LogP contribution in [0.5, 0.6) is 0 Å². The minimum atomic E-state index is 0.0363. The second-order valence-corrected chi connectivity index (χ2v) is 6.50. The van der Waals surface area contributed by atoms with Gasteiger partial charge in [-0.25, -0.2) is 4.98 Å². The number of nitriles is 1. The molecule has 6 heteroatoms. The van der Waals surface area contributed by atoms with Gasteiger partial charge in [0.1, 0.15) is 5.76 Å². The van der Waals surface area contributed by atoms with E-state index in [0.29, 0.717) is 18.0 Å². The number of hydrogen-bond donors (Lipinski definition) is 0. The second kappa shape index (κ2) is 7.49. The van der Waals surface area contributed by atoms with Crippen LogP contribution in [0.25, 0.3) is 0 Å². The van der Waals surface area contributed by atoms with Crippen molar-refractivity contribution < 1.29 is 9.21 Å². The molecular weight excluding hydrogens is 316 g/mol. The Labute approximate surface area is 147 Å². The van der Waals surface area contributed by atoms with Crippen molar-refractivity contribution in [2.45, 2.75) is 39.4 Å². The Morgan fingerprint density at radius 3 is 3.04 bits per heavy atom. The van der Waals surface area contributed by atoms with Gasteiger partial charge in [0.2, 0.25) is 11.8 Å². The number of rotatable bonds is 5. The van der Waals surface area contributed by atoms with Crippen LogP contribution in [-0.2, 0) is 17.9 Å². The zero-order valence-corrected chi connectivity index (χ0v) is 14.6. The van der Waals surface area contributed by atoms with Crippen LogP contribution in [0.1, 0.15) is 36.1 Å². The molecule has 25 heavy (non-hydrogen) atoms. The Balaban J connectivity index is 1.63. The lowest BCUT2D eigenvalue weighted by Gasteiger charge is -2.27. The van der Waals surface area contributed by atoms with E-state index in [4.69, 9.17) is 9.68 Å². The summed E-state index contributed by atoms with van der Waals surface area (Å²) in [7, 11) is 0. The summed E-state index contributed by atoms with van der Waals surface area (Å²) in [4.78, 5) is 20.5. The number of oxazole rings is 1. The van der Waals surface area contributed by atoms with Gasteiger partial charge < -0.3 is 9.32 Å². The van der Waals surface area contributed by atoms with Gasteiger partial charge in [-0.2, -0.15) is 5.26 Å². The molecule has 1 saturated heterocycles. The minimum Gasteiger partial charge on any atom is -0.444 e. The van der Waals surface area contributed by atoms with Crippen LogP contribution in [0.3, 0.4) is 0 Å². The van der Waals surface area contributed by atoms with Crippen LogP contribution in [-0.4, -0.2) is 39.8 Å². The SMILES string of the molecule is CC(=O)N(Cc1ncc(C)o1)C1CCN(Cc2cccc(C#N)c2)C1. The number of aryl methyl sites for hydroxylation is 1. The van der Waals surface area contributed by atoms with Crippen LogP contribution in [0.15, 0.2) is 34.9 Å². The van der Waals surface area contributed by atoms with Crippen molar-refractivity contribution in [1.82, 2.24) is 14.8 Å². The quantitative estimate of drug-likeness (QED) is 0.837. The Bertz CT molecular complexity index is 793. The molecule has 1 atom stereocenters. The monoisotopic (exact) mass is 338 g/mol.